The molecule has 0 radical (unpaired) electrons. The second kappa shape index (κ2) is 13.3. The number of aromatic nitrogens is 1. The van der Waals surface area contributed by atoms with E-state index in [0.717, 1.165) is 41.7 Å². The average molecular weight is 567 g/mol. The lowest BCUT2D eigenvalue weighted by Crippen LogP contribution is -2.45. The van der Waals surface area contributed by atoms with Gasteiger partial charge >= 0.3 is 11.9 Å². The summed E-state index contributed by atoms with van der Waals surface area (Å²) in [7, 11) is 0. The monoisotopic (exact) mass is 566 g/mol. The van der Waals surface area contributed by atoms with Gasteiger partial charge in [-0.2, -0.15) is 0 Å². The molecule has 4 aromatic rings. The lowest BCUT2D eigenvalue weighted by molar-refractivity contribution is -0.143. The Balaban J connectivity index is 0.000000406. The zero-order chi connectivity index (χ0) is 28.8. The summed E-state index contributed by atoms with van der Waals surface area (Å²) in [6, 6.07) is 15.6. The fourth-order valence-corrected chi connectivity index (χ4v) is 6.26. The molecule has 0 bridgehead atoms. The van der Waals surface area contributed by atoms with Crippen LogP contribution >= 0.6 is 11.3 Å². The van der Waals surface area contributed by atoms with E-state index in [4.69, 9.17) is 14.9 Å². The van der Waals surface area contributed by atoms with Gasteiger partial charge in [0.2, 0.25) is 0 Å². The second-order valence-corrected chi connectivity index (χ2v) is 11.6. The van der Waals surface area contributed by atoms with E-state index in [-0.39, 0.29) is 12.8 Å². The van der Waals surface area contributed by atoms with Crippen molar-refractivity contribution in [3.63, 3.8) is 0 Å². The van der Waals surface area contributed by atoms with Crippen molar-refractivity contribution >= 4 is 44.3 Å². The van der Waals surface area contributed by atoms with Gasteiger partial charge in [0.1, 0.15) is 18.5 Å². The second-order valence-electron chi connectivity index (χ2n) is 10.7. The van der Waals surface area contributed by atoms with Crippen molar-refractivity contribution in [2.75, 3.05) is 19.7 Å². The summed E-state index contributed by atoms with van der Waals surface area (Å²) in [5.74, 6) is -0.732. The number of carboxylic acid groups (broad SMARTS) is 2. The Bertz CT molecular complexity index is 1450. The molecule has 2 aromatic carbocycles. The van der Waals surface area contributed by atoms with Crippen LogP contribution in [-0.2, 0) is 9.59 Å². The van der Waals surface area contributed by atoms with Crippen LogP contribution in [0.5, 0.6) is 5.75 Å². The summed E-state index contributed by atoms with van der Waals surface area (Å²) < 4.78 is 7.39. The number of carbonyl (C=O) groups is 2. The molecule has 1 fully saturated rings. The van der Waals surface area contributed by atoms with Crippen LogP contribution in [0.25, 0.3) is 21.0 Å². The third-order valence-electron chi connectivity index (χ3n) is 7.46. The molecule has 40 heavy (non-hydrogen) atoms. The van der Waals surface area contributed by atoms with Gasteiger partial charge in [0.05, 0.1) is 12.8 Å². The molecule has 2 aromatic heterocycles. The average Bonchev–Trinajstić information content (AvgIpc) is 3.49. The third-order valence-corrected chi connectivity index (χ3v) is 8.55. The number of carboxylic acids is 2. The van der Waals surface area contributed by atoms with E-state index in [1.807, 2.05) is 30.4 Å². The minimum absolute atomic E-state index is 0.296. The van der Waals surface area contributed by atoms with Gasteiger partial charge in [0.15, 0.2) is 0 Å². The van der Waals surface area contributed by atoms with Gasteiger partial charge in [0.25, 0.3) is 0 Å². The fraction of sp³-hybridized carbons (Fsp3) is 0.419. The molecule has 0 spiro atoms. The van der Waals surface area contributed by atoms with Gasteiger partial charge in [0, 0.05) is 33.9 Å². The van der Waals surface area contributed by atoms with E-state index in [0.29, 0.717) is 25.1 Å². The number of aromatic amines is 1. The summed E-state index contributed by atoms with van der Waals surface area (Å²) in [6.07, 6.45) is 1.16. The van der Waals surface area contributed by atoms with Gasteiger partial charge < -0.3 is 25.0 Å². The van der Waals surface area contributed by atoms with Crippen LogP contribution in [0.1, 0.15) is 55.3 Å². The normalized spacial score (nSPS) is 18.3. The molecule has 1 saturated heterocycles. The van der Waals surface area contributed by atoms with Crippen LogP contribution in [0.15, 0.2) is 47.8 Å². The highest BCUT2D eigenvalue weighted by Crippen LogP contribution is 2.35. The fourth-order valence-electron chi connectivity index (χ4n) is 5.34. The number of piperidine rings is 1. The molecule has 8 nitrogen and oxygen atoms in total. The quantitative estimate of drug-likeness (QED) is 0.198. The number of benzene rings is 2. The van der Waals surface area contributed by atoms with E-state index >= 15 is 0 Å². The molecule has 3 atom stereocenters. The maximum atomic E-state index is 10.7. The number of ether oxygens (including phenoxy) is 1. The number of nitrogens with zero attached hydrogens (tertiary/aromatic N) is 1. The van der Waals surface area contributed by atoms with Crippen LogP contribution < -0.4 is 4.74 Å². The first kappa shape index (κ1) is 29.6. The summed E-state index contributed by atoms with van der Waals surface area (Å²) >= 11 is 1.83. The van der Waals surface area contributed by atoms with Crippen molar-refractivity contribution in [3.05, 3.63) is 64.7 Å². The van der Waals surface area contributed by atoms with Crippen LogP contribution in [-0.4, -0.2) is 69.0 Å². The number of fused-ring (bicyclic) bond motifs is 2. The van der Waals surface area contributed by atoms with Crippen molar-refractivity contribution in [3.8, 4) is 5.75 Å². The number of aliphatic hydroxyl groups excluding tert-OH is 1. The predicted molar refractivity (Wildman–Crippen MR) is 159 cm³/mol. The Hall–Kier alpha value is -3.40. The van der Waals surface area contributed by atoms with Gasteiger partial charge in [-0.05, 0) is 98.3 Å². The summed E-state index contributed by atoms with van der Waals surface area (Å²) in [5.41, 5.74) is 5.03. The Morgan fingerprint density at radius 2 is 1.85 bits per heavy atom. The van der Waals surface area contributed by atoms with Crippen molar-refractivity contribution < 1.29 is 29.6 Å². The maximum Gasteiger partial charge on any atom is 0.303 e. The molecule has 1 aliphatic rings. The number of aliphatic hydroxyl groups is 1. The SMILES string of the molecule is Cc1cc2c(OC[C@@H](O)CN3CC[C@@H](c4ccc5scc(C)c5c4)C[C@@H]3C)cccc2[nH]1.O=C(O)CCC(=O)O. The van der Waals surface area contributed by atoms with Gasteiger partial charge in [-0.15, -0.1) is 11.3 Å². The first-order chi connectivity index (χ1) is 19.1. The summed E-state index contributed by atoms with van der Waals surface area (Å²) in [5, 5.41) is 31.2. The zero-order valence-corrected chi connectivity index (χ0v) is 24.0. The van der Waals surface area contributed by atoms with Crippen LogP contribution in [0.3, 0.4) is 0 Å². The van der Waals surface area contributed by atoms with E-state index in [2.05, 4.69) is 59.4 Å². The molecular weight excluding hydrogens is 528 g/mol. The lowest BCUT2D eigenvalue weighted by Gasteiger charge is -2.38. The number of thiophene rings is 1. The van der Waals surface area contributed by atoms with E-state index in [9.17, 15) is 14.7 Å². The molecule has 0 unspecified atom stereocenters. The number of nitrogens with one attached hydrogen (secondary N) is 1. The van der Waals surface area contributed by atoms with Crippen LogP contribution in [0.2, 0.25) is 0 Å². The number of rotatable bonds is 9. The Labute approximate surface area is 238 Å². The number of aryl methyl sites for hydroxylation is 2. The number of H-pyrrole nitrogens is 1. The molecule has 0 aliphatic carbocycles. The van der Waals surface area contributed by atoms with Gasteiger partial charge in [-0.1, -0.05) is 12.1 Å². The largest absolute Gasteiger partial charge is 0.490 e. The predicted octanol–water partition coefficient (Wildman–Crippen LogP) is 5.94. The zero-order valence-electron chi connectivity index (χ0n) is 23.2. The van der Waals surface area contributed by atoms with Crippen molar-refractivity contribution in [2.45, 2.75) is 64.5 Å². The maximum absolute atomic E-state index is 10.7. The molecule has 0 saturated carbocycles. The van der Waals surface area contributed by atoms with Crippen molar-refractivity contribution in [2.24, 2.45) is 0 Å². The molecule has 9 heteroatoms. The molecular formula is C31H38N2O6S. The minimum atomic E-state index is -1.08. The minimum Gasteiger partial charge on any atom is -0.490 e. The van der Waals surface area contributed by atoms with E-state index < -0.39 is 18.0 Å². The molecule has 0 amide bonds. The topological polar surface area (TPSA) is 123 Å². The van der Waals surface area contributed by atoms with Gasteiger partial charge in [-0.25, -0.2) is 0 Å². The molecule has 1 aliphatic heterocycles. The smallest absolute Gasteiger partial charge is 0.303 e. The Morgan fingerprint density at radius 1 is 1.10 bits per heavy atom. The summed E-state index contributed by atoms with van der Waals surface area (Å²) in [4.78, 5) is 25.0. The number of likely N-dealkylation sites (tertiary alicyclic amines) is 1. The van der Waals surface area contributed by atoms with E-state index in [1.165, 1.54) is 21.2 Å². The molecule has 5 rings (SSSR count). The first-order valence-corrected chi connectivity index (χ1v) is 14.5. The van der Waals surface area contributed by atoms with Crippen molar-refractivity contribution in [1.29, 1.82) is 0 Å². The molecule has 4 N–H and O–H groups in total. The Kier molecular flexibility index (Phi) is 9.84. The van der Waals surface area contributed by atoms with Crippen molar-refractivity contribution in [1.82, 2.24) is 9.88 Å². The highest BCUT2D eigenvalue weighted by molar-refractivity contribution is 7.17. The molecule has 3 heterocycles. The lowest BCUT2D eigenvalue weighted by atomic mass is 9.85. The highest BCUT2D eigenvalue weighted by atomic mass is 32.1. The number of hydrogen-bond acceptors (Lipinski definition) is 6. The third kappa shape index (κ3) is 7.62. The standard InChI is InChI=1S/C27H32N2O2S.C4H6O4/c1-17-16-32-27-8-7-20(13-23(17)27)21-9-10-29(19(3)12-21)14-22(30)15-31-26-6-4-5-25-24(26)11-18(2)28-25;5-3(6)1-2-4(7)8/h4-8,11,13,16,19,21-22,28,30H,9-10,12,14-15H2,1-3H3;1-2H2,(H,5,6)(H,7,8)/t19-,21+,22-;/m0./s1. The number of hydrogen-bond donors (Lipinski definition) is 4. The highest BCUT2D eigenvalue weighted by Gasteiger charge is 2.28. The van der Waals surface area contributed by atoms with Crippen LogP contribution in [0.4, 0.5) is 0 Å². The number of β-amino-alcohol motifs (C(OH)–C–C–N with tert-alkyl or cyclic N) is 1. The number of aliphatic carboxylic acids is 2. The Morgan fingerprint density at radius 3 is 2.55 bits per heavy atom. The van der Waals surface area contributed by atoms with Crippen LogP contribution in [0, 0.1) is 13.8 Å². The van der Waals surface area contributed by atoms with Gasteiger partial charge in [-0.3, -0.25) is 14.5 Å². The summed E-state index contributed by atoms with van der Waals surface area (Å²) in [6.45, 7) is 8.51. The first-order valence-electron chi connectivity index (χ1n) is 13.6. The van der Waals surface area contributed by atoms with E-state index in [1.54, 1.807) is 0 Å². The molecule has 214 valence electrons.